The second-order valence-corrected chi connectivity index (χ2v) is 8.02. The number of anilines is 1. The fraction of sp³-hybridized carbons (Fsp3) is 0.350. The molecule has 2 aromatic rings. The van der Waals surface area contributed by atoms with Gasteiger partial charge in [0.1, 0.15) is 5.00 Å². The summed E-state index contributed by atoms with van der Waals surface area (Å²) in [5, 5.41) is 3.54. The Morgan fingerprint density at radius 3 is 2.67 bits per heavy atom. The number of aryl methyl sites for hydroxylation is 1. The smallest absolute Gasteiger partial charge is 0.309 e. The van der Waals surface area contributed by atoms with Crippen LogP contribution in [-0.4, -0.2) is 30.1 Å². The maximum Gasteiger partial charge on any atom is 0.309 e. The van der Waals surface area contributed by atoms with Crippen molar-refractivity contribution >= 4 is 49.9 Å². The number of fused-ring (bicyclic) bond motifs is 1. The van der Waals surface area contributed by atoms with Gasteiger partial charge in [-0.25, -0.2) is 0 Å². The maximum absolute atomic E-state index is 13.4. The molecule has 1 aliphatic carbocycles. The zero-order valence-electron chi connectivity index (χ0n) is 15.1. The van der Waals surface area contributed by atoms with E-state index in [1.165, 1.54) is 18.4 Å². The van der Waals surface area contributed by atoms with E-state index in [1.54, 1.807) is 0 Å². The number of nitrogens with one attached hydrogen (secondary N) is 1. The number of ether oxygens (including phenoxy) is 1. The minimum atomic E-state index is -0.273. The molecule has 142 valence electrons. The molecule has 0 bridgehead atoms. The van der Waals surface area contributed by atoms with Gasteiger partial charge >= 0.3 is 5.97 Å². The van der Waals surface area contributed by atoms with Gasteiger partial charge in [-0.15, -0.1) is 11.3 Å². The van der Waals surface area contributed by atoms with Gasteiger partial charge in [0, 0.05) is 10.4 Å². The summed E-state index contributed by atoms with van der Waals surface area (Å²) in [5.41, 5.74) is 2.96. The van der Waals surface area contributed by atoms with Crippen molar-refractivity contribution in [3.05, 3.63) is 51.4 Å². The zero-order valence-corrected chi connectivity index (χ0v) is 17.5. The third-order valence-electron chi connectivity index (χ3n) is 4.75. The lowest BCUT2D eigenvalue weighted by Gasteiger charge is -2.11. The summed E-state index contributed by atoms with van der Waals surface area (Å²) in [7, 11) is 1.37. The van der Waals surface area contributed by atoms with E-state index in [0.717, 1.165) is 22.4 Å². The number of rotatable bonds is 6. The number of hydrogen-bond donors (Lipinski definition) is 1. The van der Waals surface area contributed by atoms with Crippen LogP contribution in [0, 0.1) is 5.92 Å². The van der Waals surface area contributed by atoms with Gasteiger partial charge in [0.05, 0.1) is 23.9 Å². The van der Waals surface area contributed by atoms with E-state index < -0.39 is 0 Å². The summed E-state index contributed by atoms with van der Waals surface area (Å²) in [4.78, 5) is 38.3. The standard InChI is InChI=1S/C20H20BrNO4S/c1-3-11-6-4-5-7-13(11)18(24)17-14-8-12(20(25)26-2)9-15(14)27-19(17)22-16(23)10-21/h4-7,12H,3,8-10H2,1-2H3,(H,22,23). The lowest BCUT2D eigenvalue weighted by Crippen LogP contribution is -2.18. The molecule has 27 heavy (non-hydrogen) atoms. The molecule has 1 unspecified atom stereocenters. The molecule has 3 rings (SSSR count). The minimum Gasteiger partial charge on any atom is -0.469 e. The summed E-state index contributed by atoms with van der Waals surface area (Å²) in [5.74, 6) is -0.862. The lowest BCUT2D eigenvalue weighted by atomic mass is 9.94. The molecular weight excluding hydrogens is 430 g/mol. The highest BCUT2D eigenvalue weighted by atomic mass is 79.9. The topological polar surface area (TPSA) is 72.5 Å². The van der Waals surface area contributed by atoms with Crippen molar-refractivity contribution in [1.29, 1.82) is 0 Å². The molecule has 0 aliphatic heterocycles. The number of carbonyl (C=O) groups is 3. The van der Waals surface area contributed by atoms with Crippen LogP contribution >= 0.6 is 27.3 Å². The second-order valence-electron chi connectivity index (χ2n) is 6.36. The third-order valence-corrected chi connectivity index (χ3v) is 6.43. The lowest BCUT2D eigenvalue weighted by molar-refractivity contribution is -0.145. The van der Waals surface area contributed by atoms with E-state index in [1.807, 2.05) is 31.2 Å². The molecule has 1 N–H and O–H groups in total. The molecule has 0 spiro atoms. The number of benzene rings is 1. The quantitative estimate of drug-likeness (QED) is 0.413. The van der Waals surface area contributed by atoms with Gasteiger partial charge < -0.3 is 10.1 Å². The van der Waals surface area contributed by atoms with Gasteiger partial charge in [-0.1, -0.05) is 47.1 Å². The largest absolute Gasteiger partial charge is 0.469 e. The molecule has 1 aliphatic rings. The molecule has 1 amide bonds. The number of alkyl halides is 1. The van der Waals surface area contributed by atoms with Crippen LogP contribution in [0.3, 0.4) is 0 Å². The number of amides is 1. The van der Waals surface area contributed by atoms with Crippen LogP contribution in [0.15, 0.2) is 24.3 Å². The summed E-state index contributed by atoms with van der Waals surface area (Å²) in [6.45, 7) is 2.00. The fourth-order valence-electron chi connectivity index (χ4n) is 3.44. The Kier molecular flexibility index (Phi) is 6.11. The van der Waals surface area contributed by atoms with Crippen molar-refractivity contribution in [1.82, 2.24) is 0 Å². The Balaban J connectivity index is 2.06. The van der Waals surface area contributed by atoms with Crippen molar-refractivity contribution in [2.45, 2.75) is 26.2 Å². The molecule has 1 atom stereocenters. The normalized spacial score (nSPS) is 15.3. The molecule has 1 aromatic heterocycles. The Bertz CT molecular complexity index is 905. The number of carbonyl (C=O) groups excluding carboxylic acids is 3. The summed E-state index contributed by atoms with van der Waals surface area (Å²) < 4.78 is 4.87. The molecule has 7 heteroatoms. The Hall–Kier alpha value is -1.99. The molecular formula is C20H20BrNO4S. The van der Waals surface area contributed by atoms with Crippen LogP contribution in [0.2, 0.25) is 0 Å². The van der Waals surface area contributed by atoms with E-state index in [0.29, 0.717) is 29.0 Å². The highest BCUT2D eigenvalue weighted by Gasteiger charge is 2.36. The molecule has 0 saturated heterocycles. The van der Waals surface area contributed by atoms with Gasteiger partial charge in [-0.05, 0) is 30.4 Å². The van der Waals surface area contributed by atoms with Gasteiger partial charge in [0.25, 0.3) is 0 Å². The summed E-state index contributed by atoms with van der Waals surface area (Å²) in [6, 6.07) is 7.50. The molecule has 1 heterocycles. The van der Waals surface area contributed by atoms with Gasteiger partial charge in [0.2, 0.25) is 5.91 Å². The highest BCUT2D eigenvalue weighted by Crippen LogP contribution is 2.42. The SMILES string of the molecule is CCc1ccccc1C(=O)c1c(NC(=O)CBr)sc2c1CC(C(=O)OC)C2. The number of esters is 1. The first kappa shape index (κ1) is 19.8. The second kappa shape index (κ2) is 8.35. The molecule has 0 saturated carbocycles. The predicted molar refractivity (Wildman–Crippen MR) is 109 cm³/mol. The van der Waals surface area contributed by atoms with E-state index >= 15 is 0 Å². The number of methoxy groups -OCH3 is 1. The van der Waals surface area contributed by atoms with E-state index in [4.69, 9.17) is 4.74 Å². The van der Waals surface area contributed by atoms with Crippen molar-refractivity contribution in [2.75, 3.05) is 17.8 Å². The Morgan fingerprint density at radius 1 is 1.26 bits per heavy atom. The van der Waals surface area contributed by atoms with E-state index in [2.05, 4.69) is 21.2 Å². The molecule has 0 fully saturated rings. The van der Waals surface area contributed by atoms with E-state index in [-0.39, 0.29) is 28.9 Å². The molecule has 0 radical (unpaired) electrons. The average molecular weight is 450 g/mol. The van der Waals surface area contributed by atoms with E-state index in [9.17, 15) is 14.4 Å². The summed E-state index contributed by atoms with van der Waals surface area (Å²) in [6.07, 6.45) is 1.73. The minimum absolute atomic E-state index is 0.111. The number of halogens is 1. The van der Waals surface area contributed by atoms with Crippen LogP contribution in [-0.2, 0) is 33.6 Å². The monoisotopic (exact) mass is 449 g/mol. The maximum atomic E-state index is 13.4. The predicted octanol–water partition coefficient (Wildman–Crippen LogP) is 3.76. The first-order valence-corrected chi connectivity index (χ1v) is 10.6. The number of hydrogen-bond acceptors (Lipinski definition) is 5. The van der Waals surface area contributed by atoms with Gasteiger partial charge in [-0.3, -0.25) is 14.4 Å². The van der Waals surface area contributed by atoms with Crippen molar-refractivity contribution in [2.24, 2.45) is 5.92 Å². The zero-order chi connectivity index (χ0) is 19.6. The fourth-order valence-corrected chi connectivity index (χ4v) is 4.90. The molecule has 1 aromatic carbocycles. The van der Waals surface area contributed by atoms with Crippen LogP contribution in [0.1, 0.15) is 38.8 Å². The number of thiophene rings is 1. The summed E-state index contributed by atoms with van der Waals surface area (Å²) >= 11 is 4.52. The van der Waals surface area contributed by atoms with Crippen LogP contribution < -0.4 is 5.32 Å². The van der Waals surface area contributed by atoms with Crippen molar-refractivity contribution < 1.29 is 19.1 Å². The first-order valence-electron chi connectivity index (χ1n) is 8.70. The third kappa shape index (κ3) is 3.84. The number of ketones is 1. The van der Waals surface area contributed by atoms with Crippen LogP contribution in [0.25, 0.3) is 0 Å². The Morgan fingerprint density at radius 2 is 2.00 bits per heavy atom. The molecule has 5 nitrogen and oxygen atoms in total. The van der Waals surface area contributed by atoms with Gasteiger partial charge in [0.15, 0.2) is 5.78 Å². The highest BCUT2D eigenvalue weighted by molar-refractivity contribution is 9.09. The Labute approximate surface area is 170 Å². The van der Waals surface area contributed by atoms with Crippen molar-refractivity contribution in [3.8, 4) is 0 Å². The van der Waals surface area contributed by atoms with Crippen LogP contribution in [0.4, 0.5) is 5.00 Å². The van der Waals surface area contributed by atoms with Crippen LogP contribution in [0.5, 0.6) is 0 Å². The first-order chi connectivity index (χ1) is 13.0. The van der Waals surface area contributed by atoms with Gasteiger partial charge in [-0.2, -0.15) is 0 Å². The average Bonchev–Trinajstić information content (AvgIpc) is 3.24. The van der Waals surface area contributed by atoms with Crippen molar-refractivity contribution in [3.63, 3.8) is 0 Å².